The Kier molecular flexibility index (Phi) is 8.61. The van der Waals surface area contributed by atoms with Crippen molar-refractivity contribution < 1.29 is 9.47 Å². The Morgan fingerprint density at radius 2 is 1.96 bits per heavy atom. The van der Waals surface area contributed by atoms with Gasteiger partial charge in [-0.05, 0) is 69.5 Å². The molecule has 5 heteroatoms. The average molecular weight is 409 g/mol. The quantitative estimate of drug-likeness (QED) is 0.626. The van der Waals surface area contributed by atoms with Crippen molar-refractivity contribution in [2.45, 2.75) is 45.1 Å². The fourth-order valence-electron chi connectivity index (χ4n) is 4.61. The number of rotatable bonds is 9. The van der Waals surface area contributed by atoms with E-state index in [9.17, 15) is 0 Å². The molecule has 2 aliphatic heterocycles. The minimum Gasteiger partial charge on any atom is -0.379 e. The molecule has 1 N–H and O–H groups in total. The van der Waals surface area contributed by atoms with Crippen molar-refractivity contribution in [1.29, 1.82) is 0 Å². The number of halogens is 1. The zero-order valence-corrected chi connectivity index (χ0v) is 18.3. The molecule has 4 nitrogen and oxygen atoms in total. The SMILES string of the molecule is CC1(C)C[C@H]([C@@H](CCNCCN2CCOCC2)Cc2ccccc2Cl)CCO1. The Morgan fingerprint density at radius 3 is 2.71 bits per heavy atom. The van der Waals surface area contributed by atoms with Crippen LogP contribution in [-0.4, -0.2) is 63.0 Å². The van der Waals surface area contributed by atoms with Crippen LogP contribution in [0.25, 0.3) is 0 Å². The second kappa shape index (κ2) is 10.9. The highest BCUT2D eigenvalue weighted by Crippen LogP contribution is 2.37. The van der Waals surface area contributed by atoms with E-state index in [0.29, 0.717) is 11.8 Å². The summed E-state index contributed by atoms with van der Waals surface area (Å²) in [7, 11) is 0. The van der Waals surface area contributed by atoms with Gasteiger partial charge in [0.15, 0.2) is 0 Å². The largest absolute Gasteiger partial charge is 0.379 e. The summed E-state index contributed by atoms with van der Waals surface area (Å²) in [5, 5.41) is 4.58. The van der Waals surface area contributed by atoms with Crippen molar-refractivity contribution in [2.75, 3.05) is 52.5 Å². The molecule has 158 valence electrons. The topological polar surface area (TPSA) is 33.7 Å². The van der Waals surface area contributed by atoms with Crippen molar-refractivity contribution in [2.24, 2.45) is 11.8 Å². The van der Waals surface area contributed by atoms with Crippen LogP contribution in [0.2, 0.25) is 5.02 Å². The van der Waals surface area contributed by atoms with Crippen molar-refractivity contribution in [1.82, 2.24) is 10.2 Å². The van der Waals surface area contributed by atoms with Crippen molar-refractivity contribution in [3.8, 4) is 0 Å². The van der Waals surface area contributed by atoms with E-state index in [1.807, 2.05) is 12.1 Å². The van der Waals surface area contributed by atoms with Crippen LogP contribution in [0.3, 0.4) is 0 Å². The highest BCUT2D eigenvalue weighted by molar-refractivity contribution is 6.31. The summed E-state index contributed by atoms with van der Waals surface area (Å²) >= 11 is 6.48. The van der Waals surface area contributed by atoms with Gasteiger partial charge in [-0.25, -0.2) is 0 Å². The number of nitrogens with one attached hydrogen (secondary N) is 1. The fraction of sp³-hybridized carbons (Fsp3) is 0.739. The van der Waals surface area contributed by atoms with Gasteiger partial charge in [0.1, 0.15) is 0 Å². The summed E-state index contributed by atoms with van der Waals surface area (Å²) in [4.78, 5) is 2.48. The molecule has 2 saturated heterocycles. The Balaban J connectivity index is 1.51. The fourth-order valence-corrected chi connectivity index (χ4v) is 4.82. The van der Waals surface area contributed by atoms with Gasteiger partial charge >= 0.3 is 0 Å². The molecule has 1 aromatic carbocycles. The first-order valence-electron chi connectivity index (χ1n) is 10.9. The van der Waals surface area contributed by atoms with Crippen LogP contribution in [0, 0.1) is 11.8 Å². The van der Waals surface area contributed by atoms with Gasteiger partial charge in [0.05, 0.1) is 18.8 Å². The monoisotopic (exact) mass is 408 g/mol. The van der Waals surface area contributed by atoms with E-state index in [-0.39, 0.29) is 5.60 Å². The van der Waals surface area contributed by atoms with Gasteiger partial charge in [-0.1, -0.05) is 29.8 Å². The average Bonchev–Trinajstić information content (AvgIpc) is 2.68. The van der Waals surface area contributed by atoms with Crippen LogP contribution < -0.4 is 5.32 Å². The third-order valence-corrected chi connectivity index (χ3v) is 6.61. The molecule has 0 saturated carbocycles. The first-order chi connectivity index (χ1) is 13.5. The third-order valence-electron chi connectivity index (χ3n) is 6.24. The minimum absolute atomic E-state index is 0.00852. The molecular formula is C23H37ClN2O2. The van der Waals surface area contributed by atoms with Gasteiger partial charge in [0.25, 0.3) is 0 Å². The summed E-state index contributed by atoms with van der Waals surface area (Å²) in [6, 6.07) is 8.33. The van der Waals surface area contributed by atoms with Crippen LogP contribution in [0.1, 0.15) is 38.7 Å². The molecule has 0 aromatic heterocycles. The van der Waals surface area contributed by atoms with Crippen LogP contribution >= 0.6 is 11.6 Å². The second-order valence-corrected chi connectivity index (χ2v) is 9.32. The Labute approximate surface area is 175 Å². The normalized spacial score (nSPS) is 24.2. The summed E-state index contributed by atoms with van der Waals surface area (Å²) < 4.78 is 11.4. The molecule has 0 amide bonds. The first kappa shape index (κ1) is 22.0. The molecule has 0 aliphatic carbocycles. The molecule has 2 heterocycles. The maximum atomic E-state index is 6.48. The van der Waals surface area contributed by atoms with E-state index in [4.69, 9.17) is 21.1 Å². The summed E-state index contributed by atoms with van der Waals surface area (Å²) in [5.74, 6) is 1.33. The van der Waals surface area contributed by atoms with E-state index in [1.165, 1.54) is 12.0 Å². The predicted molar refractivity (Wildman–Crippen MR) is 116 cm³/mol. The molecule has 3 rings (SSSR count). The molecule has 28 heavy (non-hydrogen) atoms. The minimum atomic E-state index is -0.00852. The number of hydrogen-bond acceptors (Lipinski definition) is 4. The molecule has 2 atom stereocenters. The Bertz CT molecular complexity index is 590. The lowest BCUT2D eigenvalue weighted by Crippen LogP contribution is -2.41. The standard InChI is InChI=1S/C23H37ClN2O2/c1-23(2)18-21(8-14-28-23)19(17-20-5-3-4-6-22(20)24)7-9-25-10-11-26-12-15-27-16-13-26/h3-6,19,21,25H,7-18H2,1-2H3/t19-,21+/m0/s1. The molecule has 2 aliphatic rings. The van der Waals surface area contributed by atoms with E-state index < -0.39 is 0 Å². The van der Waals surface area contributed by atoms with Gasteiger partial charge in [0.2, 0.25) is 0 Å². The maximum absolute atomic E-state index is 6.48. The molecule has 1 aromatic rings. The first-order valence-corrected chi connectivity index (χ1v) is 11.3. The van der Waals surface area contributed by atoms with E-state index in [0.717, 1.165) is 76.8 Å². The van der Waals surface area contributed by atoms with Crippen LogP contribution in [0.4, 0.5) is 0 Å². The number of hydrogen-bond donors (Lipinski definition) is 1. The van der Waals surface area contributed by atoms with E-state index in [2.05, 4.69) is 36.2 Å². The molecule has 0 unspecified atom stereocenters. The lowest BCUT2D eigenvalue weighted by Gasteiger charge is -2.39. The maximum Gasteiger partial charge on any atom is 0.0629 e. The van der Waals surface area contributed by atoms with Crippen molar-refractivity contribution in [3.05, 3.63) is 34.9 Å². The van der Waals surface area contributed by atoms with Gasteiger partial charge in [-0.2, -0.15) is 0 Å². The molecule has 0 bridgehead atoms. The lowest BCUT2D eigenvalue weighted by molar-refractivity contribution is -0.0830. The zero-order chi connectivity index (χ0) is 19.8. The number of morpholine rings is 1. The van der Waals surface area contributed by atoms with Gasteiger partial charge in [-0.3, -0.25) is 4.90 Å². The summed E-state index contributed by atoms with van der Waals surface area (Å²) in [6.07, 6.45) is 4.54. The predicted octanol–water partition coefficient (Wildman–Crippen LogP) is 4.02. The highest BCUT2D eigenvalue weighted by Gasteiger charge is 2.33. The molecule has 0 spiro atoms. The Morgan fingerprint density at radius 1 is 1.18 bits per heavy atom. The zero-order valence-electron chi connectivity index (χ0n) is 17.6. The second-order valence-electron chi connectivity index (χ2n) is 8.91. The van der Waals surface area contributed by atoms with Gasteiger partial charge < -0.3 is 14.8 Å². The van der Waals surface area contributed by atoms with Gasteiger partial charge in [-0.15, -0.1) is 0 Å². The van der Waals surface area contributed by atoms with E-state index >= 15 is 0 Å². The third kappa shape index (κ3) is 7.00. The van der Waals surface area contributed by atoms with Crippen molar-refractivity contribution >= 4 is 11.6 Å². The van der Waals surface area contributed by atoms with Crippen LogP contribution in [0.15, 0.2) is 24.3 Å². The summed E-state index contributed by atoms with van der Waals surface area (Å²) in [5.41, 5.74) is 1.28. The highest BCUT2D eigenvalue weighted by atomic mass is 35.5. The smallest absolute Gasteiger partial charge is 0.0629 e. The number of ether oxygens (including phenoxy) is 2. The number of benzene rings is 1. The lowest BCUT2D eigenvalue weighted by atomic mass is 9.75. The van der Waals surface area contributed by atoms with E-state index in [1.54, 1.807) is 0 Å². The van der Waals surface area contributed by atoms with Crippen molar-refractivity contribution in [3.63, 3.8) is 0 Å². The van der Waals surface area contributed by atoms with Gasteiger partial charge in [0, 0.05) is 37.8 Å². The Hall–Kier alpha value is -0.650. The van der Waals surface area contributed by atoms with Crippen LogP contribution in [-0.2, 0) is 15.9 Å². The van der Waals surface area contributed by atoms with Crippen LogP contribution in [0.5, 0.6) is 0 Å². The molecule has 0 radical (unpaired) electrons. The summed E-state index contributed by atoms with van der Waals surface area (Å²) in [6.45, 7) is 12.4. The molecular weight excluding hydrogens is 372 g/mol. The molecule has 2 fully saturated rings. The number of nitrogens with zero attached hydrogens (tertiary/aromatic N) is 1.